The van der Waals surface area contributed by atoms with Gasteiger partial charge in [-0.3, -0.25) is 0 Å². The number of nitrogens with zero attached hydrogens (tertiary/aromatic N) is 4. The Hall–Kier alpha value is -1.95. The summed E-state index contributed by atoms with van der Waals surface area (Å²) in [7, 11) is 1.72. The van der Waals surface area contributed by atoms with E-state index in [0.717, 1.165) is 29.7 Å². The molecule has 0 aliphatic heterocycles. The van der Waals surface area contributed by atoms with Crippen molar-refractivity contribution >= 4 is 0 Å². The van der Waals surface area contributed by atoms with Crippen LogP contribution in [0, 0.1) is 0 Å². The number of tetrazole rings is 1. The predicted octanol–water partition coefficient (Wildman–Crippen LogP) is 0.769. The highest BCUT2D eigenvalue weighted by Crippen LogP contribution is 2.33. The van der Waals surface area contributed by atoms with Gasteiger partial charge in [-0.2, -0.15) is 4.80 Å². The Morgan fingerprint density at radius 3 is 3.17 bits per heavy atom. The standard InChI is InChI=1S/C12H14N4O2/c1-16-14-12(13-15-16)7-18-9-3-4-10-8(6-9)2-5-11(10)17/h3-4,6,11,17H,2,5,7H2,1H3/t11-/m1/s1. The second kappa shape index (κ2) is 4.38. The molecule has 1 N–H and O–H groups in total. The number of hydrogen-bond donors (Lipinski definition) is 1. The molecule has 6 heteroatoms. The van der Waals surface area contributed by atoms with Crippen molar-refractivity contribution in [2.75, 3.05) is 0 Å². The molecule has 0 saturated carbocycles. The number of benzene rings is 1. The maximum atomic E-state index is 9.71. The molecule has 0 amide bonds. The summed E-state index contributed by atoms with van der Waals surface area (Å²) in [6.07, 6.45) is 1.37. The summed E-state index contributed by atoms with van der Waals surface area (Å²) in [6, 6.07) is 5.76. The van der Waals surface area contributed by atoms with Gasteiger partial charge >= 0.3 is 0 Å². The van der Waals surface area contributed by atoms with Crippen molar-refractivity contribution in [3.63, 3.8) is 0 Å². The summed E-state index contributed by atoms with van der Waals surface area (Å²) < 4.78 is 5.61. The summed E-state index contributed by atoms with van der Waals surface area (Å²) in [4.78, 5) is 1.40. The van der Waals surface area contributed by atoms with E-state index < -0.39 is 0 Å². The SMILES string of the molecule is Cn1nnc(COc2ccc3c(c2)CC[C@H]3O)n1. The first-order valence-electron chi connectivity index (χ1n) is 5.89. The molecule has 0 spiro atoms. The van der Waals surface area contributed by atoms with Crippen molar-refractivity contribution in [1.29, 1.82) is 0 Å². The van der Waals surface area contributed by atoms with Crippen LogP contribution >= 0.6 is 0 Å². The van der Waals surface area contributed by atoms with Gasteiger partial charge in [0.15, 0.2) is 6.61 Å². The monoisotopic (exact) mass is 246 g/mol. The Kier molecular flexibility index (Phi) is 2.71. The van der Waals surface area contributed by atoms with Gasteiger partial charge in [0.25, 0.3) is 0 Å². The van der Waals surface area contributed by atoms with Crippen LogP contribution in [0.2, 0.25) is 0 Å². The Morgan fingerprint density at radius 2 is 2.39 bits per heavy atom. The maximum absolute atomic E-state index is 9.71. The number of aromatic nitrogens is 4. The summed E-state index contributed by atoms with van der Waals surface area (Å²) in [5.74, 6) is 1.33. The van der Waals surface area contributed by atoms with Crippen molar-refractivity contribution < 1.29 is 9.84 Å². The maximum Gasteiger partial charge on any atom is 0.212 e. The second-order valence-corrected chi connectivity index (χ2v) is 4.40. The van der Waals surface area contributed by atoms with Crippen molar-refractivity contribution in [3.05, 3.63) is 35.2 Å². The summed E-state index contributed by atoms with van der Waals surface area (Å²) in [5.41, 5.74) is 2.17. The van der Waals surface area contributed by atoms with Gasteiger partial charge in [-0.15, -0.1) is 10.2 Å². The van der Waals surface area contributed by atoms with Gasteiger partial charge in [-0.05, 0) is 41.3 Å². The summed E-state index contributed by atoms with van der Waals surface area (Å²) >= 11 is 0. The second-order valence-electron chi connectivity index (χ2n) is 4.40. The molecular weight excluding hydrogens is 232 g/mol. The third-order valence-electron chi connectivity index (χ3n) is 3.08. The number of aliphatic hydroxyl groups excluding tert-OH is 1. The molecule has 1 heterocycles. The largest absolute Gasteiger partial charge is 0.485 e. The fourth-order valence-electron chi connectivity index (χ4n) is 2.19. The zero-order chi connectivity index (χ0) is 12.5. The number of ether oxygens (including phenoxy) is 1. The Bertz CT molecular complexity index is 567. The average Bonchev–Trinajstić information content (AvgIpc) is 2.94. The molecular formula is C12H14N4O2. The van der Waals surface area contributed by atoms with Crippen LogP contribution in [0.15, 0.2) is 18.2 Å². The van der Waals surface area contributed by atoms with Crippen molar-refractivity contribution in [2.24, 2.45) is 7.05 Å². The van der Waals surface area contributed by atoms with Crippen molar-refractivity contribution in [2.45, 2.75) is 25.6 Å². The third kappa shape index (κ3) is 2.06. The van der Waals surface area contributed by atoms with E-state index in [1.165, 1.54) is 4.80 Å². The van der Waals surface area contributed by atoms with Crippen LogP contribution in [-0.2, 0) is 20.1 Å². The summed E-state index contributed by atoms with van der Waals surface area (Å²) in [5, 5.41) is 21.3. The number of fused-ring (bicyclic) bond motifs is 1. The first-order valence-corrected chi connectivity index (χ1v) is 5.89. The minimum Gasteiger partial charge on any atom is -0.485 e. The van der Waals surface area contributed by atoms with E-state index in [1.54, 1.807) is 7.05 Å². The molecule has 0 radical (unpaired) electrons. The van der Waals surface area contributed by atoms with E-state index in [4.69, 9.17) is 4.74 Å². The molecule has 1 aliphatic rings. The highest BCUT2D eigenvalue weighted by molar-refractivity contribution is 5.39. The molecule has 94 valence electrons. The van der Waals surface area contributed by atoms with Crippen LogP contribution in [0.25, 0.3) is 0 Å². The van der Waals surface area contributed by atoms with Crippen LogP contribution in [-0.4, -0.2) is 25.3 Å². The molecule has 1 aromatic carbocycles. The van der Waals surface area contributed by atoms with Gasteiger partial charge in [0.05, 0.1) is 13.2 Å². The highest BCUT2D eigenvalue weighted by atomic mass is 16.5. The smallest absolute Gasteiger partial charge is 0.212 e. The van der Waals surface area contributed by atoms with Gasteiger partial charge in [0, 0.05) is 0 Å². The fraction of sp³-hybridized carbons (Fsp3) is 0.417. The number of aryl methyl sites for hydroxylation is 2. The molecule has 3 rings (SSSR count). The zero-order valence-electron chi connectivity index (χ0n) is 10.1. The van der Waals surface area contributed by atoms with E-state index in [0.29, 0.717) is 12.4 Å². The quantitative estimate of drug-likeness (QED) is 0.866. The lowest BCUT2D eigenvalue weighted by Gasteiger charge is -2.07. The third-order valence-corrected chi connectivity index (χ3v) is 3.08. The van der Waals surface area contributed by atoms with Gasteiger partial charge in [0.2, 0.25) is 5.82 Å². The first-order chi connectivity index (χ1) is 8.72. The van der Waals surface area contributed by atoms with Crippen LogP contribution in [0.3, 0.4) is 0 Å². The molecule has 0 bridgehead atoms. The average molecular weight is 246 g/mol. The Labute approximate surface area is 104 Å². The van der Waals surface area contributed by atoms with Crippen molar-refractivity contribution in [3.8, 4) is 5.75 Å². The van der Waals surface area contributed by atoms with Gasteiger partial charge in [0.1, 0.15) is 5.75 Å². The lowest BCUT2D eigenvalue weighted by molar-refractivity contribution is 0.180. The Balaban J connectivity index is 1.70. The van der Waals surface area contributed by atoms with E-state index in [1.807, 2.05) is 18.2 Å². The van der Waals surface area contributed by atoms with E-state index in [2.05, 4.69) is 15.4 Å². The molecule has 0 saturated heterocycles. The number of rotatable bonds is 3. The lowest BCUT2D eigenvalue weighted by atomic mass is 10.1. The van der Waals surface area contributed by atoms with Crippen LogP contribution in [0.5, 0.6) is 5.75 Å². The van der Waals surface area contributed by atoms with Crippen molar-refractivity contribution in [1.82, 2.24) is 20.2 Å². The lowest BCUT2D eigenvalue weighted by Crippen LogP contribution is -2.00. The first kappa shape index (κ1) is 11.2. The highest BCUT2D eigenvalue weighted by Gasteiger charge is 2.20. The van der Waals surface area contributed by atoms with Gasteiger partial charge in [-0.25, -0.2) is 0 Å². The van der Waals surface area contributed by atoms with E-state index in [9.17, 15) is 5.11 Å². The number of hydrogen-bond acceptors (Lipinski definition) is 5. The van der Waals surface area contributed by atoms with Crippen LogP contribution in [0.4, 0.5) is 0 Å². The van der Waals surface area contributed by atoms with Crippen LogP contribution in [0.1, 0.15) is 29.5 Å². The zero-order valence-corrected chi connectivity index (χ0v) is 10.1. The summed E-state index contributed by atoms with van der Waals surface area (Å²) in [6.45, 7) is 0.301. The normalized spacial score (nSPS) is 17.8. The molecule has 18 heavy (non-hydrogen) atoms. The fourth-order valence-corrected chi connectivity index (χ4v) is 2.19. The minimum absolute atomic E-state index is 0.301. The van der Waals surface area contributed by atoms with E-state index >= 15 is 0 Å². The predicted molar refractivity (Wildman–Crippen MR) is 62.9 cm³/mol. The molecule has 0 fully saturated rings. The Morgan fingerprint density at radius 1 is 1.50 bits per heavy atom. The minimum atomic E-state index is -0.323. The molecule has 2 aromatic rings. The molecule has 6 nitrogen and oxygen atoms in total. The van der Waals surface area contributed by atoms with Crippen LogP contribution < -0.4 is 4.74 Å². The van der Waals surface area contributed by atoms with Gasteiger partial charge in [-0.1, -0.05) is 6.07 Å². The molecule has 1 aromatic heterocycles. The molecule has 1 aliphatic carbocycles. The topological polar surface area (TPSA) is 73.1 Å². The van der Waals surface area contributed by atoms with Gasteiger partial charge < -0.3 is 9.84 Å². The number of aliphatic hydroxyl groups is 1. The molecule has 1 atom stereocenters. The van der Waals surface area contributed by atoms with E-state index in [-0.39, 0.29) is 6.10 Å². The molecule has 0 unspecified atom stereocenters.